The maximum atomic E-state index is 12.3. The summed E-state index contributed by atoms with van der Waals surface area (Å²) in [6, 6.07) is 10.4. The maximum Gasteiger partial charge on any atom is 0.255 e. The number of fused-ring (bicyclic) bond motifs is 1. The van der Waals surface area contributed by atoms with Crippen LogP contribution in [0.3, 0.4) is 0 Å². The van der Waals surface area contributed by atoms with E-state index in [2.05, 4.69) is 34.3 Å². The van der Waals surface area contributed by atoms with Gasteiger partial charge in [0.25, 0.3) is 5.91 Å². The molecule has 2 aromatic heterocycles. The second-order valence-corrected chi connectivity index (χ2v) is 5.89. The van der Waals surface area contributed by atoms with Crippen LogP contribution in [0.15, 0.2) is 40.9 Å². The van der Waals surface area contributed by atoms with Crippen LogP contribution in [0.4, 0.5) is 0 Å². The van der Waals surface area contributed by atoms with Crippen molar-refractivity contribution in [3.05, 3.63) is 59.2 Å². The molecule has 120 valence electrons. The van der Waals surface area contributed by atoms with E-state index in [0.717, 1.165) is 24.3 Å². The highest BCUT2D eigenvalue weighted by Crippen LogP contribution is 2.20. The Morgan fingerprint density at radius 1 is 1.13 bits per heavy atom. The predicted octanol–water partition coefficient (Wildman–Crippen LogP) is 3.98. The normalized spacial score (nSPS) is 11.1. The minimum atomic E-state index is -0.0470. The molecule has 1 N–H and O–H groups in total. The quantitative estimate of drug-likeness (QED) is 0.725. The third kappa shape index (κ3) is 3.02. The van der Waals surface area contributed by atoms with Crippen LogP contribution in [0, 0.1) is 20.8 Å². The number of aromatic nitrogens is 1. The zero-order valence-electron chi connectivity index (χ0n) is 13.8. The molecule has 1 amide bonds. The predicted molar refractivity (Wildman–Crippen MR) is 91.8 cm³/mol. The zero-order valence-corrected chi connectivity index (χ0v) is 13.8. The van der Waals surface area contributed by atoms with Crippen LogP contribution in [0.1, 0.15) is 33.9 Å². The van der Waals surface area contributed by atoms with E-state index in [9.17, 15) is 4.79 Å². The van der Waals surface area contributed by atoms with Gasteiger partial charge in [-0.2, -0.15) is 0 Å². The van der Waals surface area contributed by atoms with E-state index in [1.54, 1.807) is 0 Å². The lowest BCUT2D eigenvalue weighted by molar-refractivity contribution is 0.0950. The highest BCUT2D eigenvalue weighted by molar-refractivity contribution is 5.96. The molecule has 0 bridgehead atoms. The van der Waals surface area contributed by atoms with Gasteiger partial charge < -0.3 is 14.3 Å². The van der Waals surface area contributed by atoms with E-state index in [0.29, 0.717) is 17.9 Å². The molecule has 2 heterocycles. The monoisotopic (exact) mass is 310 g/mol. The van der Waals surface area contributed by atoms with Crippen molar-refractivity contribution in [1.82, 2.24) is 9.88 Å². The topological polar surface area (TPSA) is 47.2 Å². The molecule has 1 aromatic carbocycles. The Balaban J connectivity index is 1.56. The number of furan rings is 1. The Kier molecular flexibility index (Phi) is 4.24. The second-order valence-electron chi connectivity index (χ2n) is 5.89. The first-order chi connectivity index (χ1) is 11.1. The van der Waals surface area contributed by atoms with Gasteiger partial charge in [0.15, 0.2) is 0 Å². The Morgan fingerprint density at radius 3 is 2.65 bits per heavy atom. The fourth-order valence-corrected chi connectivity index (χ4v) is 3.00. The zero-order chi connectivity index (χ0) is 16.4. The number of carbonyl (C=O) groups is 1. The van der Waals surface area contributed by atoms with Crippen molar-refractivity contribution in [1.29, 1.82) is 0 Å². The molecule has 0 atom stereocenters. The first-order valence-electron chi connectivity index (χ1n) is 7.96. The van der Waals surface area contributed by atoms with Crippen LogP contribution < -0.4 is 5.32 Å². The molecule has 0 aliphatic rings. The van der Waals surface area contributed by atoms with Gasteiger partial charge in [-0.15, -0.1) is 0 Å². The van der Waals surface area contributed by atoms with E-state index in [-0.39, 0.29) is 5.91 Å². The summed E-state index contributed by atoms with van der Waals surface area (Å²) in [7, 11) is 0. The fourth-order valence-electron chi connectivity index (χ4n) is 3.00. The lowest BCUT2D eigenvalue weighted by atomic mass is 10.1. The lowest BCUT2D eigenvalue weighted by Crippen LogP contribution is -2.26. The summed E-state index contributed by atoms with van der Waals surface area (Å²) in [5.74, 6) is 1.45. The van der Waals surface area contributed by atoms with Crippen molar-refractivity contribution in [2.24, 2.45) is 0 Å². The third-order valence-electron chi connectivity index (χ3n) is 4.33. The summed E-state index contributed by atoms with van der Waals surface area (Å²) >= 11 is 0. The van der Waals surface area contributed by atoms with Gasteiger partial charge in [0, 0.05) is 30.4 Å². The van der Waals surface area contributed by atoms with Gasteiger partial charge in [0.05, 0.1) is 5.56 Å². The summed E-state index contributed by atoms with van der Waals surface area (Å²) in [5, 5.41) is 4.24. The minimum absolute atomic E-state index is 0.0470. The Labute approximate surface area is 136 Å². The van der Waals surface area contributed by atoms with E-state index in [4.69, 9.17) is 4.42 Å². The molecule has 3 aromatic rings. The van der Waals surface area contributed by atoms with Crippen LogP contribution in [-0.4, -0.2) is 17.0 Å². The molecule has 0 fully saturated rings. The molecule has 0 spiro atoms. The first kappa shape index (κ1) is 15.4. The number of benzene rings is 1. The van der Waals surface area contributed by atoms with Crippen LogP contribution in [0.25, 0.3) is 10.9 Å². The molecule has 0 aliphatic heterocycles. The van der Waals surface area contributed by atoms with Crippen molar-refractivity contribution in [2.75, 3.05) is 6.54 Å². The Morgan fingerprint density at radius 2 is 1.91 bits per heavy atom. The molecular weight excluding hydrogens is 288 g/mol. The number of amides is 1. The summed E-state index contributed by atoms with van der Waals surface area (Å²) in [5.41, 5.74) is 2.83. The number of nitrogens with zero attached hydrogens (tertiary/aromatic N) is 1. The molecule has 3 rings (SSSR count). The van der Waals surface area contributed by atoms with Crippen LogP contribution in [0.2, 0.25) is 0 Å². The summed E-state index contributed by atoms with van der Waals surface area (Å²) in [4.78, 5) is 12.3. The highest BCUT2D eigenvalue weighted by atomic mass is 16.3. The number of rotatable bonds is 5. The van der Waals surface area contributed by atoms with Crippen molar-refractivity contribution < 1.29 is 9.21 Å². The average Bonchev–Trinajstić information content (AvgIpc) is 3.05. The van der Waals surface area contributed by atoms with E-state index >= 15 is 0 Å². The number of carbonyl (C=O) groups excluding carboxylic acids is 1. The van der Waals surface area contributed by atoms with E-state index < -0.39 is 0 Å². The molecule has 23 heavy (non-hydrogen) atoms. The van der Waals surface area contributed by atoms with E-state index in [1.165, 1.54) is 10.9 Å². The van der Waals surface area contributed by atoms with Crippen molar-refractivity contribution in [3.63, 3.8) is 0 Å². The highest BCUT2D eigenvalue weighted by Gasteiger charge is 2.17. The number of para-hydroxylation sites is 1. The molecular formula is C19H22N2O2. The van der Waals surface area contributed by atoms with Gasteiger partial charge in [-0.1, -0.05) is 18.2 Å². The Hall–Kier alpha value is -2.49. The van der Waals surface area contributed by atoms with Gasteiger partial charge in [-0.25, -0.2) is 0 Å². The largest absolute Gasteiger partial charge is 0.466 e. The van der Waals surface area contributed by atoms with Crippen molar-refractivity contribution >= 4 is 16.8 Å². The minimum Gasteiger partial charge on any atom is -0.466 e. The molecule has 0 unspecified atom stereocenters. The van der Waals surface area contributed by atoms with Gasteiger partial charge >= 0.3 is 0 Å². The molecule has 0 aliphatic carbocycles. The van der Waals surface area contributed by atoms with Gasteiger partial charge in [0.1, 0.15) is 11.5 Å². The first-order valence-corrected chi connectivity index (χ1v) is 7.96. The van der Waals surface area contributed by atoms with Gasteiger partial charge in [0.2, 0.25) is 0 Å². The molecule has 0 saturated carbocycles. The van der Waals surface area contributed by atoms with Crippen molar-refractivity contribution in [2.45, 2.75) is 33.7 Å². The summed E-state index contributed by atoms with van der Waals surface area (Å²) in [6.45, 7) is 7.18. The summed E-state index contributed by atoms with van der Waals surface area (Å²) < 4.78 is 7.74. The number of hydrogen-bond donors (Lipinski definition) is 1. The van der Waals surface area contributed by atoms with Crippen LogP contribution in [-0.2, 0) is 6.54 Å². The number of hydrogen-bond acceptors (Lipinski definition) is 2. The molecule has 0 saturated heterocycles. The van der Waals surface area contributed by atoms with Gasteiger partial charge in [-0.3, -0.25) is 4.79 Å². The molecule has 4 nitrogen and oxygen atoms in total. The molecule has 4 heteroatoms. The third-order valence-corrected chi connectivity index (χ3v) is 4.33. The number of nitrogens with one attached hydrogen (secondary N) is 1. The van der Waals surface area contributed by atoms with Crippen molar-refractivity contribution in [3.8, 4) is 0 Å². The number of aryl methyl sites for hydroxylation is 3. The van der Waals surface area contributed by atoms with Gasteiger partial charge in [-0.05, 0) is 44.7 Å². The smallest absolute Gasteiger partial charge is 0.255 e. The SMILES string of the molecule is Cc1oc(C)c(C(=O)NCCCn2ccc3ccccc32)c1C. The maximum absolute atomic E-state index is 12.3. The molecule has 0 radical (unpaired) electrons. The van der Waals surface area contributed by atoms with Crippen LogP contribution in [0.5, 0.6) is 0 Å². The van der Waals surface area contributed by atoms with Crippen LogP contribution >= 0.6 is 0 Å². The average molecular weight is 310 g/mol. The Bertz CT molecular complexity index is 842. The summed E-state index contributed by atoms with van der Waals surface area (Å²) in [6.07, 6.45) is 2.99. The fraction of sp³-hybridized carbons (Fsp3) is 0.316. The second kappa shape index (κ2) is 6.32. The standard InChI is InChI=1S/C19H22N2O2/c1-13-14(2)23-15(3)18(13)19(22)20-10-6-11-21-12-9-16-7-4-5-8-17(16)21/h4-5,7-9,12H,6,10-11H2,1-3H3,(H,20,22). The lowest BCUT2D eigenvalue weighted by Gasteiger charge is -2.07. The van der Waals surface area contributed by atoms with E-state index in [1.807, 2.05) is 32.9 Å².